The highest BCUT2D eigenvalue weighted by Crippen LogP contribution is 2.22. The van der Waals surface area contributed by atoms with Gasteiger partial charge in [-0.15, -0.1) is 0 Å². The van der Waals surface area contributed by atoms with Crippen LogP contribution in [-0.2, 0) is 14.6 Å². The van der Waals surface area contributed by atoms with Gasteiger partial charge in [-0.05, 0) is 51.0 Å². The van der Waals surface area contributed by atoms with Gasteiger partial charge in [-0.25, -0.2) is 13.4 Å². The Morgan fingerprint density at radius 1 is 1.16 bits per heavy atom. The summed E-state index contributed by atoms with van der Waals surface area (Å²) in [5, 5.41) is 1.81. The van der Waals surface area contributed by atoms with Gasteiger partial charge in [0, 0.05) is 17.1 Å². The second-order valence-electron chi connectivity index (χ2n) is 6.53. The first kappa shape index (κ1) is 17.7. The Hall–Kier alpha value is -2.15. The number of aromatic nitrogens is 2. The number of amides is 1. The third-order valence-corrected chi connectivity index (χ3v) is 6.96. The van der Waals surface area contributed by atoms with Gasteiger partial charge in [0.05, 0.1) is 17.8 Å². The lowest BCUT2D eigenvalue weighted by atomic mass is 10.1. The van der Waals surface area contributed by atoms with E-state index in [2.05, 4.69) is 10.3 Å². The highest BCUT2D eigenvalue weighted by atomic mass is 32.2. The monoisotopic (exact) mass is 361 g/mol. The minimum Gasteiger partial charge on any atom is -0.325 e. The van der Waals surface area contributed by atoms with Gasteiger partial charge in [0.2, 0.25) is 5.91 Å². The normalized spacial score (nSPS) is 20.0. The van der Waals surface area contributed by atoms with E-state index in [1.807, 2.05) is 30.5 Å². The molecule has 1 aliphatic rings. The molecule has 1 aromatic heterocycles. The van der Waals surface area contributed by atoms with Crippen LogP contribution in [0.1, 0.15) is 37.1 Å². The van der Waals surface area contributed by atoms with Crippen molar-refractivity contribution in [2.75, 3.05) is 11.1 Å². The molecule has 1 aliphatic heterocycles. The van der Waals surface area contributed by atoms with E-state index in [0.717, 1.165) is 29.9 Å². The largest absolute Gasteiger partial charge is 0.325 e. The molecule has 7 heteroatoms. The van der Waals surface area contributed by atoms with Crippen LogP contribution in [0, 0.1) is 13.8 Å². The molecule has 1 N–H and O–H groups in total. The molecule has 134 valence electrons. The molecular weight excluding hydrogens is 338 g/mol. The summed E-state index contributed by atoms with van der Waals surface area (Å²) in [5.41, 5.74) is 3.57. The molecular formula is C18H23N3O3S. The van der Waals surface area contributed by atoms with Crippen LogP contribution in [-0.4, -0.2) is 34.9 Å². The Morgan fingerprint density at radius 3 is 2.52 bits per heavy atom. The average Bonchev–Trinajstić information content (AvgIpc) is 2.79. The fourth-order valence-corrected chi connectivity index (χ4v) is 4.91. The summed E-state index contributed by atoms with van der Waals surface area (Å²) in [6.45, 7) is 3.95. The van der Waals surface area contributed by atoms with Crippen molar-refractivity contribution in [2.24, 2.45) is 0 Å². The number of aryl methyl sites for hydroxylation is 1. The number of nitrogens with one attached hydrogen (secondary N) is 1. The van der Waals surface area contributed by atoms with E-state index >= 15 is 0 Å². The lowest BCUT2D eigenvalue weighted by Crippen LogP contribution is -2.35. The van der Waals surface area contributed by atoms with Crippen molar-refractivity contribution in [3.05, 3.63) is 42.0 Å². The molecule has 25 heavy (non-hydrogen) atoms. The van der Waals surface area contributed by atoms with Crippen LogP contribution >= 0.6 is 0 Å². The summed E-state index contributed by atoms with van der Waals surface area (Å²) in [6.07, 6.45) is 4.44. The number of rotatable bonds is 3. The standard InChI is InChI=1S/C18H23N3O3S/c1-13-14(2)21(12-19-13)16-9-7-15(8-10-16)20-18(22)17-6-4-3-5-11-25(17,23)24/h7-10,12,17H,3-6,11H2,1-2H3,(H,20,22). The van der Waals surface area contributed by atoms with Crippen LogP contribution in [0.3, 0.4) is 0 Å². The Kier molecular flexibility index (Phi) is 4.94. The first-order valence-corrected chi connectivity index (χ1v) is 10.2. The highest BCUT2D eigenvalue weighted by Gasteiger charge is 2.33. The molecule has 2 aromatic rings. The first-order valence-electron chi connectivity index (χ1n) is 8.52. The van der Waals surface area contributed by atoms with Gasteiger partial charge in [-0.1, -0.05) is 12.8 Å². The first-order chi connectivity index (χ1) is 11.9. The fourth-order valence-electron chi connectivity index (χ4n) is 3.11. The average molecular weight is 361 g/mol. The number of carbonyl (C=O) groups excluding carboxylic acids is 1. The minimum absolute atomic E-state index is 0.100. The van der Waals surface area contributed by atoms with Gasteiger partial charge >= 0.3 is 0 Å². The van der Waals surface area contributed by atoms with Crippen molar-refractivity contribution in [3.8, 4) is 5.69 Å². The Balaban J connectivity index is 1.75. The molecule has 1 amide bonds. The molecule has 2 heterocycles. The Morgan fingerprint density at radius 2 is 1.88 bits per heavy atom. The Labute approximate surface area is 148 Å². The van der Waals surface area contributed by atoms with Gasteiger partial charge in [0.15, 0.2) is 9.84 Å². The maximum atomic E-state index is 12.4. The van der Waals surface area contributed by atoms with E-state index in [-0.39, 0.29) is 5.75 Å². The third kappa shape index (κ3) is 3.76. The molecule has 0 radical (unpaired) electrons. The van der Waals surface area contributed by atoms with Crippen LogP contribution < -0.4 is 5.32 Å². The molecule has 1 fully saturated rings. The maximum absolute atomic E-state index is 12.4. The van der Waals surface area contributed by atoms with E-state index in [1.54, 1.807) is 18.5 Å². The molecule has 1 atom stereocenters. The summed E-state index contributed by atoms with van der Waals surface area (Å²) >= 11 is 0. The zero-order valence-corrected chi connectivity index (χ0v) is 15.3. The number of sulfone groups is 1. The number of carbonyl (C=O) groups is 1. The molecule has 3 rings (SSSR count). The zero-order chi connectivity index (χ0) is 18.0. The zero-order valence-electron chi connectivity index (χ0n) is 14.5. The van der Waals surface area contributed by atoms with E-state index in [9.17, 15) is 13.2 Å². The number of hydrogen-bond acceptors (Lipinski definition) is 4. The quantitative estimate of drug-likeness (QED) is 0.911. The molecule has 1 unspecified atom stereocenters. The molecule has 6 nitrogen and oxygen atoms in total. The lowest BCUT2D eigenvalue weighted by molar-refractivity contribution is -0.115. The molecule has 0 bridgehead atoms. The predicted octanol–water partition coefficient (Wildman–Crippen LogP) is 2.79. The smallest absolute Gasteiger partial charge is 0.242 e. The maximum Gasteiger partial charge on any atom is 0.242 e. The van der Waals surface area contributed by atoms with Crippen molar-refractivity contribution < 1.29 is 13.2 Å². The van der Waals surface area contributed by atoms with Crippen molar-refractivity contribution in [1.29, 1.82) is 0 Å². The highest BCUT2D eigenvalue weighted by molar-refractivity contribution is 7.92. The van der Waals surface area contributed by atoms with Crippen molar-refractivity contribution in [3.63, 3.8) is 0 Å². The number of nitrogens with zero attached hydrogens (tertiary/aromatic N) is 2. The number of imidazole rings is 1. The lowest BCUT2D eigenvalue weighted by Gasteiger charge is -2.15. The van der Waals surface area contributed by atoms with Gasteiger partial charge in [0.1, 0.15) is 5.25 Å². The van der Waals surface area contributed by atoms with Crippen molar-refractivity contribution in [1.82, 2.24) is 9.55 Å². The van der Waals surface area contributed by atoms with Crippen LogP contribution in [0.15, 0.2) is 30.6 Å². The second-order valence-corrected chi connectivity index (χ2v) is 8.83. The predicted molar refractivity (Wildman–Crippen MR) is 97.7 cm³/mol. The number of benzene rings is 1. The summed E-state index contributed by atoms with van der Waals surface area (Å²) < 4.78 is 26.5. The van der Waals surface area contributed by atoms with Crippen LogP contribution in [0.5, 0.6) is 0 Å². The number of hydrogen-bond donors (Lipinski definition) is 1. The SMILES string of the molecule is Cc1ncn(-c2ccc(NC(=O)C3CCCCCS3(=O)=O)cc2)c1C. The number of anilines is 1. The van der Waals surface area contributed by atoms with Crippen LogP contribution in [0.4, 0.5) is 5.69 Å². The van der Waals surface area contributed by atoms with E-state index in [0.29, 0.717) is 18.5 Å². The van der Waals surface area contributed by atoms with E-state index < -0.39 is 21.0 Å². The summed E-state index contributed by atoms with van der Waals surface area (Å²) in [6, 6.07) is 7.33. The molecule has 1 aromatic carbocycles. The molecule has 1 saturated heterocycles. The summed E-state index contributed by atoms with van der Waals surface area (Å²) in [4.78, 5) is 16.7. The van der Waals surface area contributed by atoms with Gasteiger partial charge < -0.3 is 9.88 Å². The van der Waals surface area contributed by atoms with Gasteiger partial charge in [-0.2, -0.15) is 0 Å². The topological polar surface area (TPSA) is 81.1 Å². The Bertz CT molecular complexity index is 869. The second kappa shape index (κ2) is 7.00. The van der Waals surface area contributed by atoms with Crippen molar-refractivity contribution >= 4 is 21.4 Å². The van der Waals surface area contributed by atoms with Crippen LogP contribution in [0.2, 0.25) is 0 Å². The summed E-state index contributed by atoms with van der Waals surface area (Å²) in [5.74, 6) is -0.326. The van der Waals surface area contributed by atoms with Gasteiger partial charge in [0.25, 0.3) is 0 Å². The summed E-state index contributed by atoms with van der Waals surface area (Å²) in [7, 11) is -3.36. The third-order valence-electron chi connectivity index (χ3n) is 4.79. The minimum atomic E-state index is -3.36. The van der Waals surface area contributed by atoms with Crippen LogP contribution in [0.25, 0.3) is 5.69 Å². The molecule has 0 aliphatic carbocycles. The fraction of sp³-hybridized carbons (Fsp3) is 0.444. The molecule has 0 saturated carbocycles. The molecule has 0 spiro atoms. The van der Waals surface area contributed by atoms with Gasteiger partial charge in [-0.3, -0.25) is 4.79 Å². The van der Waals surface area contributed by atoms with Crippen molar-refractivity contribution in [2.45, 2.75) is 44.8 Å². The van der Waals surface area contributed by atoms with E-state index in [4.69, 9.17) is 0 Å². The van der Waals surface area contributed by atoms with E-state index in [1.165, 1.54) is 0 Å².